The van der Waals surface area contributed by atoms with Crippen molar-refractivity contribution in [2.75, 3.05) is 5.32 Å². The second kappa shape index (κ2) is 4.88. The van der Waals surface area contributed by atoms with Crippen LogP contribution in [0, 0.1) is 5.41 Å². The van der Waals surface area contributed by atoms with Crippen LogP contribution < -0.4 is 10.8 Å². The third-order valence-electron chi connectivity index (χ3n) is 1.92. The maximum Gasteiger partial charge on any atom is 0.277 e. The molecule has 0 aliphatic carbocycles. The van der Waals surface area contributed by atoms with E-state index in [4.69, 9.17) is 5.21 Å². The van der Waals surface area contributed by atoms with E-state index in [1.165, 1.54) is 17.9 Å². The van der Waals surface area contributed by atoms with Crippen LogP contribution in [-0.2, 0) is 4.79 Å². The molecule has 1 rings (SSSR count). The van der Waals surface area contributed by atoms with Gasteiger partial charge in [-0.25, -0.2) is 15.4 Å². The topological polar surface area (TPSA) is 104 Å². The summed E-state index contributed by atoms with van der Waals surface area (Å²) in [4.78, 5) is 30.1. The standard InChI is InChI=1S/C10H14N4O3/c1-10(2,3)8(16)13-9-11-4-6(5-12-9)7(15)14-17/h4-5,17H,1-3H3,(H,14,15)(H,11,12,13,16). The molecular weight excluding hydrogens is 224 g/mol. The molecule has 0 aromatic carbocycles. The Morgan fingerprint density at radius 1 is 1.24 bits per heavy atom. The lowest BCUT2D eigenvalue weighted by Crippen LogP contribution is -2.28. The molecule has 1 heterocycles. The molecule has 7 heteroatoms. The second-order valence-electron chi connectivity index (χ2n) is 4.44. The van der Waals surface area contributed by atoms with Gasteiger partial charge in [0.05, 0.1) is 5.56 Å². The SMILES string of the molecule is CC(C)(C)C(=O)Nc1ncc(C(=O)NO)cn1. The monoisotopic (exact) mass is 238 g/mol. The van der Waals surface area contributed by atoms with Crippen molar-refractivity contribution in [2.24, 2.45) is 5.41 Å². The van der Waals surface area contributed by atoms with E-state index in [0.717, 1.165) is 0 Å². The summed E-state index contributed by atoms with van der Waals surface area (Å²) < 4.78 is 0. The van der Waals surface area contributed by atoms with Gasteiger partial charge in [-0.05, 0) is 0 Å². The van der Waals surface area contributed by atoms with Crippen molar-refractivity contribution in [3.8, 4) is 0 Å². The van der Waals surface area contributed by atoms with E-state index in [-0.39, 0.29) is 17.4 Å². The lowest BCUT2D eigenvalue weighted by molar-refractivity contribution is -0.123. The van der Waals surface area contributed by atoms with Gasteiger partial charge in [-0.2, -0.15) is 0 Å². The Labute approximate surface area is 98.2 Å². The fraction of sp³-hybridized carbons (Fsp3) is 0.400. The molecule has 92 valence electrons. The van der Waals surface area contributed by atoms with E-state index in [9.17, 15) is 9.59 Å². The average molecular weight is 238 g/mol. The second-order valence-corrected chi connectivity index (χ2v) is 4.44. The number of amides is 2. The fourth-order valence-corrected chi connectivity index (χ4v) is 0.863. The highest BCUT2D eigenvalue weighted by Gasteiger charge is 2.22. The number of nitrogens with one attached hydrogen (secondary N) is 2. The summed E-state index contributed by atoms with van der Waals surface area (Å²) in [5.41, 5.74) is 1.01. The van der Waals surface area contributed by atoms with E-state index < -0.39 is 11.3 Å². The molecule has 7 nitrogen and oxygen atoms in total. The average Bonchev–Trinajstić information content (AvgIpc) is 2.27. The van der Waals surface area contributed by atoms with E-state index in [0.29, 0.717) is 0 Å². The zero-order chi connectivity index (χ0) is 13.1. The minimum atomic E-state index is -0.710. The first-order chi connectivity index (χ1) is 7.84. The molecule has 0 atom stereocenters. The highest BCUT2D eigenvalue weighted by Crippen LogP contribution is 2.15. The van der Waals surface area contributed by atoms with Crippen molar-refractivity contribution in [3.63, 3.8) is 0 Å². The van der Waals surface area contributed by atoms with Crippen LogP contribution >= 0.6 is 0 Å². The maximum atomic E-state index is 11.6. The zero-order valence-corrected chi connectivity index (χ0v) is 9.81. The highest BCUT2D eigenvalue weighted by atomic mass is 16.5. The van der Waals surface area contributed by atoms with Crippen LogP contribution in [0.1, 0.15) is 31.1 Å². The summed E-state index contributed by atoms with van der Waals surface area (Å²) in [6.45, 7) is 5.28. The number of hydrogen-bond acceptors (Lipinski definition) is 5. The number of hydrogen-bond donors (Lipinski definition) is 3. The first-order valence-corrected chi connectivity index (χ1v) is 4.92. The number of aromatic nitrogens is 2. The van der Waals surface area contributed by atoms with Gasteiger partial charge in [0.15, 0.2) is 0 Å². The highest BCUT2D eigenvalue weighted by molar-refractivity contribution is 5.94. The Balaban J connectivity index is 2.76. The molecule has 0 bridgehead atoms. The predicted molar refractivity (Wildman–Crippen MR) is 59.4 cm³/mol. The van der Waals surface area contributed by atoms with Gasteiger partial charge in [0, 0.05) is 17.8 Å². The van der Waals surface area contributed by atoms with Crippen molar-refractivity contribution >= 4 is 17.8 Å². The summed E-state index contributed by atoms with van der Waals surface area (Å²) in [7, 11) is 0. The molecule has 0 radical (unpaired) electrons. The zero-order valence-electron chi connectivity index (χ0n) is 9.81. The molecule has 3 N–H and O–H groups in total. The van der Waals surface area contributed by atoms with Crippen molar-refractivity contribution in [1.82, 2.24) is 15.4 Å². The van der Waals surface area contributed by atoms with Crippen LogP contribution in [0.15, 0.2) is 12.4 Å². The van der Waals surface area contributed by atoms with Crippen LogP contribution in [0.4, 0.5) is 5.95 Å². The predicted octanol–water partition coefficient (Wildman–Crippen LogP) is 0.580. The van der Waals surface area contributed by atoms with Crippen LogP contribution in [0.25, 0.3) is 0 Å². The largest absolute Gasteiger partial charge is 0.294 e. The molecule has 0 unspecified atom stereocenters. The molecule has 0 spiro atoms. The van der Waals surface area contributed by atoms with E-state index in [1.807, 2.05) is 0 Å². The third kappa shape index (κ3) is 3.49. The first kappa shape index (κ1) is 13.0. The third-order valence-corrected chi connectivity index (χ3v) is 1.92. The fourth-order valence-electron chi connectivity index (χ4n) is 0.863. The number of carbonyl (C=O) groups is 2. The molecule has 0 fully saturated rings. The summed E-state index contributed by atoms with van der Waals surface area (Å²) >= 11 is 0. The lowest BCUT2D eigenvalue weighted by Gasteiger charge is -2.16. The number of hydroxylamine groups is 1. The molecule has 1 aromatic rings. The van der Waals surface area contributed by atoms with Gasteiger partial charge in [-0.1, -0.05) is 20.8 Å². The summed E-state index contributed by atoms with van der Waals surface area (Å²) in [5.74, 6) is -0.824. The van der Waals surface area contributed by atoms with Gasteiger partial charge in [0.1, 0.15) is 0 Å². The first-order valence-electron chi connectivity index (χ1n) is 4.92. The Kier molecular flexibility index (Phi) is 3.74. The summed E-state index contributed by atoms with van der Waals surface area (Å²) in [5, 5.41) is 10.9. The minimum absolute atomic E-state index is 0.0984. The van der Waals surface area contributed by atoms with Crippen LogP contribution in [0.2, 0.25) is 0 Å². The van der Waals surface area contributed by atoms with Gasteiger partial charge < -0.3 is 0 Å². The van der Waals surface area contributed by atoms with Gasteiger partial charge in [0.25, 0.3) is 5.91 Å². The quantitative estimate of drug-likeness (QED) is 0.516. The maximum absolute atomic E-state index is 11.6. The molecule has 1 aromatic heterocycles. The number of rotatable bonds is 2. The van der Waals surface area contributed by atoms with Crippen molar-refractivity contribution in [3.05, 3.63) is 18.0 Å². The molecule has 0 aliphatic heterocycles. The summed E-state index contributed by atoms with van der Waals surface area (Å²) in [6, 6.07) is 0. The van der Waals surface area contributed by atoms with Gasteiger partial charge in [-0.3, -0.25) is 20.1 Å². The van der Waals surface area contributed by atoms with Gasteiger partial charge >= 0.3 is 0 Å². The molecule has 17 heavy (non-hydrogen) atoms. The number of anilines is 1. The van der Waals surface area contributed by atoms with E-state index >= 15 is 0 Å². The van der Waals surface area contributed by atoms with Gasteiger partial charge in [0.2, 0.25) is 11.9 Å². The van der Waals surface area contributed by atoms with Crippen LogP contribution in [0.3, 0.4) is 0 Å². The van der Waals surface area contributed by atoms with Gasteiger partial charge in [-0.15, -0.1) is 0 Å². The molecule has 0 aliphatic rings. The minimum Gasteiger partial charge on any atom is -0.294 e. The number of nitrogens with zero attached hydrogens (tertiary/aromatic N) is 2. The summed E-state index contributed by atoms with van der Waals surface area (Å²) in [6.07, 6.45) is 2.41. The molecule has 0 saturated heterocycles. The van der Waals surface area contributed by atoms with Crippen molar-refractivity contribution < 1.29 is 14.8 Å². The van der Waals surface area contributed by atoms with Crippen molar-refractivity contribution in [2.45, 2.75) is 20.8 Å². The Hall–Kier alpha value is -2.02. The Morgan fingerprint density at radius 2 is 1.76 bits per heavy atom. The van der Waals surface area contributed by atoms with E-state index in [1.54, 1.807) is 20.8 Å². The molecule has 0 saturated carbocycles. The Morgan fingerprint density at radius 3 is 2.18 bits per heavy atom. The van der Waals surface area contributed by atoms with Crippen LogP contribution in [0.5, 0.6) is 0 Å². The Bertz CT molecular complexity index is 422. The van der Waals surface area contributed by atoms with E-state index in [2.05, 4.69) is 15.3 Å². The lowest BCUT2D eigenvalue weighted by atomic mass is 9.96. The molecule has 2 amide bonds. The molecular formula is C10H14N4O3. The van der Waals surface area contributed by atoms with Crippen molar-refractivity contribution in [1.29, 1.82) is 0 Å². The van der Waals surface area contributed by atoms with Crippen LogP contribution in [-0.4, -0.2) is 27.0 Å². The number of carbonyl (C=O) groups excluding carboxylic acids is 2. The smallest absolute Gasteiger partial charge is 0.277 e. The normalized spacial score (nSPS) is 10.8.